The second-order valence-electron chi connectivity index (χ2n) is 10.5. The number of aryl methyl sites for hydroxylation is 1. The molecule has 2 atom stereocenters. The molecule has 0 radical (unpaired) electrons. The van der Waals surface area contributed by atoms with Gasteiger partial charge in [-0.2, -0.15) is 12.6 Å². The van der Waals surface area contributed by atoms with Crippen LogP contribution in [0.15, 0.2) is 48.5 Å². The molecule has 2 aromatic carbocycles. The topological polar surface area (TPSA) is 108 Å². The molecule has 3 N–H and O–H groups in total. The van der Waals surface area contributed by atoms with Gasteiger partial charge in [-0.05, 0) is 66.2 Å². The summed E-state index contributed by atoms with van der Waals surface area (Å²) in [5.74, 6) is -1.22. The van der Waals surface area contributed by atoms with Crippen LogP contribution in [-0.2, 0) is 14.3 Å². The van der Waals surface area contributed by atoms with Crippen LogP contribution >= 0.6 is 12.6 Å². The third-order valence-corrected chi connectivity index (χ3v) is 5.64. The number of ether oxygens (including phenoxy) is 1. The van der Waals surface area contributed by atoms with Crippen molar-refractivity contribution >= 4 is 36.2 Å². The summed E-state index contributed by atoms with van der Waals surface area (Å²) in [6, 6.07) is 11.4. The number of aromatic hydroxyl groups is 1. The fourth-order valence-electron chi connectivity index (χ4n) is 3.68. The van der Waals surface area contributed by atoms with Crippen molar-refractivity contribution in [3.8, 4) is 5.75 Å². The third-order valence-electron chi connectivity index (χ3n) is 5.27. The number of hydrogen-bond acceptors (Lipinski definition) is 6. The van der Waals surface area contributed by atoms with Crippen LogP contribution in [0.25, 0.3) is 0 Å². The average molecular weight is 516 g/mol. The molecular weight excluding hydrogens is 478 g/mol. The Morgan fingerprint density at radius 3 is 2.11 bits per heavy atom. The Balaban J connectivity index is 2.55. The van der Waals surface area contributed by atoms with Crippen molar-refractivity contribution in [2.45, 2.75) is 71.7 Å². The second kappa shape index (κ2) is 11.7. The molecule has 0 aliphatic carbocycles. The van der Waals surface area contributed by atoms with Gasteiger partial charge in [0, 0.05) is 22.5 Å². The predicted molar refractivity (Wildman–Crippen MR) is 144 cm³/mol. The highest BCUT2D eigenvalue weighted by atomic mass is 32.1. The van der Waals surface area contributed by atoms with Crippen LogP contribution in [0.1, 0.15) is 58.7 Å². The average Bonchev–Trinajstić information content (AvgIpc) is 2.75. The number of carbonyl (C=O) groups excluding carboxylic acids is 3. The maximum absolute atomic E-state index is 13.9. The molecule has 0 aliphatic rings. The summed E-state index contributed by atoms with van der Waals surface area (Å²) in [6.07, 6.45) is -0.771. The van der Waals surface area contributed by atoms with Gasteiger partial charge in [0.15, 0.2) is 0 Å². The highest BCUT2D eigenvalue weighted by Gasteiger charge is 2.42. The van der Waals surface area contributed by atoms with Crippen LogP contribution in [0.5, 0.6) is 5.75 Å². The SMILES string of the molecule is Cc1ccccc1NC(=O)C(c1ccccc1O)N(C(=O)C(CS)NC(=O)OC(C)(C)C)C(C)(C)C. The lowest BCUT2D eigenvalue weighted by atomic mass is 9.95. The summed E-state index contributed by atoms with van der Waals surface area (Å²) in [5.41, 5.74) is 0.0347. The van der Waals surface area contributed by atoms with Gasteiger partial charge in [-0.15, -0.1) is 0 Å². The molecule has 9 heteroatoms. The molecule has 0 fully saturated rings. The zero-order chi connectivity index (χ0) is 27.3. The minimum atomic E-state index is -1.21. The number of carbonyl (C=O) groups is 3. The van der Waals surface area contributed by atoms with Crippen molar-refractivity contribution in [1.82, 2.24) is 10.2 Å². The summed E-state index contributed by atoms with van der Waals surface area (Å²) < 4.78 is 5.32. The predicted octanol–water partition coefficient (Wildman–Crippen LogP) is 4.83. The van der Waals surface area contributed by atoms with Crippen molar-refractivity contribution < 1.29 is 24.2 Å². The lowest BCUT2D eigenvalue weighted by Gasteiger charge is -2.43. The number of thiol groups is 1. The van der Waals surface area contributed by atoms with Gasteiger partial charge in [0.2, 0.25) is 5.91 Å². The number of nitrogens with one attached hydrogen (secondary N) is 2. The number of alkyl carbamates (subject to hydrolysis) is 1. The Hall–Kier alpha value is -3.20. The summed E-state index contributed by atoms with van der Waals surface area (Å²) >= 11 is 4.29. The van der Waals surface area contributed by atoms with E-state index in [0.29, 0.717) is 5.69 Å². The molecule has 0 bridgehead atoms. The first-order chi connectivity index (χ1) is 16.7. The molecule has 2 rings (SSSR count). The van der Waals surface area contributed by atoms with E-state index in [2.05, 4.69) is 23.3 Å². The van der Waals surface area contributed by atoms with E-state index in [1.165, 1.54) is 11.0 Å². The zero-order valence-corrected chi connectivity index (χ0v) is 22.8. The first-order valence-electron chi connectivity index (χ1n) is 11.7. The van der Waals surface area contributed by atoms with Crippen LogP contribution in [0.3, 0.4) is 0 Å². The molecule has 36 heavy (non-hydrogen) atoms. The Bertz CT molecular complexity index is 1090. The molecule has 196 valence electrons. The summed E-state index contributed by atoms with van der Waals surface area (Å²) in [4.78, 5) is 41.5. The number of rotatable bonds is 7. The fraction of sp³-hybridized carbons (Fsp3) is 0.444. The highest BCUT2D eigenvalue weighted by molar-refractivity contribution is 7.80. The van der Waals surface area contributed by atoms with Gasteiger partial charge in [0.1, 0.15) is 23.4 Å². The Labute approximate surface area is 218 Å². The molecule has 0 heterocycles. The van der Waals surface area contributed by atoms with Crippen LogP contribution in [0, 0.1) is 6.92 Å². The van der Waals surface area contributed by atoms with Crippen LogP contribution in [0.4, 0.5) is 10.5 Å². The molecule has 3 amide bonds. The molecule has 8 nitrogen and oxygen atoms in total. The summed E-state index contributed by atoms with van der Waals surface area (Å²) in [6.45, 7) is 12.4. The number of anilines is 1. The minimum Gasteiger partial charge on any atom is -0.508 e. The number of phenols is 1. The van der Waals surface area contributed by atoms with E-state index in [1.807, 2.05) is 19.1 Å². The number of hydrogen-bond donors (Lipinski definition) is 4. The van der Waals surface area contributed by atoms with Gasteiger partial charge in [0.25, 0.3) is 5.91 Å². The molecular formula is C27H37N3O5S. The number of nitrogens with zero attached hydrogens (tertiary/aromatic N) is 1. The van der Waals surface area contributed by atoms with E-state index in [1.54, 1.807) is 71.9 Å². The number of para-hydroxylation sites is 2. The summed E-state index contributed by atoms with van der Waals surface area (Å²) in [5, 5.41) is 16.2. The van der Waals surface area contributed by atoms with E-state index in [4.69, 9.17) is 4.74 Å². The van der Waals surface area contributed by atoms with Crippen LogP contribution < -0.4 is 10.6 Å². The highest BCUT2D eigenvalue weighted by Crippen LogP contribution is 2.35. The fourth-order valence-corrected chi connectivity index (χ4v) is 3.93. The van der Waals surface area contributed by atoms with Gasteiger partial charge in [-0.25, -0.2) is 4.79 Å². The molecule has 0 spiro atoms. The van der Waals surface area contributed by atoms with Crippen molar-refractivity contribution in [1.29, 1.82) is 0 Å². The van der Waals surface area contributed by atoms with E-state index in [-0.39, 0.29) is 17.1 Å². The summed E-state index contributed by atoms with van der Waals surface area (Å²) in [7, 11) is 0. The van der Waals surface area contributed by atoms with Crippen molar-refractivity contribution in [3.63, 3.8) is 0 Å². The van der Waals surface area contributed by atoms with Gasteiger partial charge >= 0.3 is 6.09 Å². The van der Waals surface area contributed by atoms with E-state index in [0.717, 1.165) is 5.56 Å². The largest absolute Gasteiger partial charge is 0.508 e. The van der Waals surface area contributed by atoms with Crippen LogP contribution in [-0.4, -0.2) is 50.8 Å². The lowest BCUT2D eigenvalue weighted by molar-refractivity contribution is -0.146. The van der Waals surface area contributed by atoms with Crippen molar-refractivity contribution in [2.75, 3.05) is 11.1 Å². The first kappa shape index (κ1) is 29.0. The zero-order valence-electron chi connectivity index (χ0n) is 22.0. The number of amides is 3. The number of benzene rings is 2. The smallest absolute Gasteiger partial charge is 0.408 e. The monoisotopic (exact) mass is 515 g/mol. The molecule has 2 aromatic rings. The van der Waals surface area contributed by atoms with Gasteiger partial charge in [-0.3, -0.25) is 9.59 Å². The van der Waals surface area contributed by atoms with Gasteiger partial charge < -0.3 is 25.4 Å². The Kier molecular flexibility index (Phi) is 9.43. The van der Waals surface area contributed by atoms with E-state index >= 15 is 0 Å². The van der Waals surface area contributed by atoms with Crippen molar-refractivity contribution in [2.24, 2.45) is 0 Å². The third kappa shape index (κ3) is 7.65. The second-order valence-corrected chi connectivity index (χ2v) is 10.9. The molecule has 0 saturated carbocycles. The standard InChI is InChI=1S/C27H37N3O5S/c1-17-12-8-10-14-19(17)28-23(32)22(18-13-9-11-15-21(18)31)30(26(2,3)4)24(33)20(16-36)29-25(34)35-27(5,6)7/h8-15,20,22,31,36H,16H2,1-7H3,(H,28,32)(H,29,34). The molecule has 0 aromatic heterocycles. The van der Waals surface area contributed by atoms with Gasteiger partial charge in [0.05, 0.1) is 0 Å². The number of phenolic OH excluding ortho intramolecular Hbond substituents is 1. The maximum Gasteiger partial charge on any atom is 0.408 e. The molecule has 0 saturated heterocycles. The quantitative estimate of drug-likeness (QED) is 0.395. The Morgan fingerprint density at radius 1 is 1.00 bits per heavy atom. The molecule has 2 unspecified atom stereocenters. The van der Waals surface area contributed by atoms with Gasteiger partial charge in [-0.1, -0.05) is 36.4 Å². The minimum absolute atomic E-state index is 0.0302. The van der Waals surface area contributed by atoms with E-state index < -0.39 is 41.1 Å². The Morgan fingerprint density at radius 2 is 1.58 bits per heavy atom. The van der Waals surface area contributed by atoms with Crippen molar-refractivity contribution in [3.05, 3.63) is 59.7 Å². The maximum atomic E-state index is 13.9. The normalized spacial score (nSPS) is 13.3. The van der Waals surface area contributed by atoms with E-state index in [9.17, 15) is 19.5 Å². The first-order valence-corrected chi connectivity index (χ1v) is 12.4. The lowest BCUT2D eigenvalue weighted by Crippen LogP contribution is -2.58. The molecule has 0 aliphatic heterocycles. The van der Waals surface area contributed by atoms with Crippen LogP contribution in [0.2, 0.25) is 0 Å².